The minimum absolute atomic E-state index is 0.128. The first-order valence-corrected chi connectivity index (χ1v) is 8.34. The number of aliphatic hydroxyl groups excluding tert-OH is 1. The highest BCUT2D eigenvalue weighted by atomic mass is 19.1. The average molecular weight is 393 g/mol. The Morgan fingerprint density at radius 3 is 2.64 bits per heavy atom. The molecule has 1 atom stereocenters. The van der Waals surface area contributed by atoms with Gasteiger partial charge in [0.1, 0.15) is 29.6 Å². The van der Waals surface area contributed by atoms with Gasteiger partial charge in [-0.2, -0.15) is 0 Å². The molecule has 0 aliphatic carbocycles. The number of carbonyl (C=O) groups is 1. The third-order valence-electron chi connectivity index (χ3n) is 4.00. The van der Waals surface area contributed by atoms with Crippen molar-refractivity contribution >= 4 is 5.97 Å². The fraction of sp³-hybridized carbons (Fsp3) is 0.263. The van der Waals surface area contributed by atoms with Gasteiger partial charge in [-0.25, -0.2) is 13.6 Å². The Labute approximate surface area is 158 Å². The number of aliphatic hydroxyl groups is 1. The minimum Gasteiger partial charge on any atom is -0.459 e. The van der Waals surface area contributed by atoms with Crippen molar-refractivity contribution in [1.82, 2.24) is 0 Å². The van der Waals surface area contributed by atoms with Crippen LogP contribution in [0.1, 0.15) is 36.8 Å². The molecule has 0 amide bonds. The molecule has 1 aliphatic heterocycles. The van der Waals surface area contributed by atoms with Gasteiger partial charge in [0.25, 0.3) is 0 Å². The summed E-state index contributed by atoms with van der Waals surface area (Å²) in [6.07, 6.45) is -0.524. The molecule has 3 N–H and O–H groups in total. The number of hydrogen-bond acceptors (Lipinski definition) is 7. The van der Waals surface area contributed by atoms with Crippen LogP contribution in [0.4, 0.5) is 8.78 Å². The first kappa shape index (κ1) is 19.6. The van der Waals surface area contributed by atoms with Crippen molar-refractivity contribution in [3.63, 3.8) is 0 Å². The van der Waals surface area contributed by atoms with E-state index < -0.39 is 47.5 Å². The molecule has 0 saturated heterocycles. The highest BCUT2D eigenvalue weighted by molar-refractivity contribution is 5.92. The third-order valence-corrected chi connectivity index (χ3v) is 4.00. The predicted molar refractivity (Wildman–Crippen MR) is 92.2 cm³/mol. The molecule has 0 spiro atoms. The standard InChI is InChI=1S/C19H17F2NO6/c1-8(2)26-19(25)15-14(11-4-3-9(20)5-12(11)21)17-16(28-18(15)22)13(24)6-10(7-23)27-17/h3-6,8,14,23H,7,22H2,1-2H3/t14-/m0/s1. The summed E-state index contributed by atoms with van der Waals surface area (Å²) in [4.78, 5) is 24.9. The summed E-state index contributed by atoms with van der Waals surface area (Å²) in [6.45, 7) is 2.58. The fourth-order valence-corrected chi connectivity index (χ4v) is 2.89. The van der Waals surface area contributed by atoms with Crippen LogP contribution in [0.3, 0.4) is 0 Å². The number of fused-ring (bicyclic) bond motifs is 1. The Balaban J connectivity index is 2.29. The molecule has 28 heavy (non-hydrogen) atoms. The smallest absolute Gasteiger partial charge is 0.340 e. The molecule has 2 aromatic rings. The molecule has 0 radical (unpaired) electrons. The van der Waals surface area contributed by atoms with Gasteiger partial charge in [0.2, 0.25) is 17.1 Å². The lowest BCUT2D eigenvalue weighted by Crippen LogP contribution is -2.31. The van der Waals surface area contributed by atoms with Gasteiger partial charge < -0.3 is 24.7 Å². The van der Waals surface area contributed by atoms with E-state index in [4.69, 9.17) is 19.6 Å². The maximum absolute atomic E-state index is 14.6. The van der Waals surface area contributed by atoms with E-state index in [0.29, 0.717) is 6.07 Å². The molecule has 7 nitrogen and oxygen atoms in total. The lowest BCUT2D eigenvalue weighted by atomic mass is 9.86. The van der Waals surface area contributed by atoms with Crippen molar-refractivity contribution in [2.75, 3.05) is 0 Å². The highest BCUT2D eigenvalue weighted by Gasteiger charge is 2.40. The van der Waals surface area contributed by atoms with Gasteiger partial charge in [-0.1, -0.05) is 6.07 Å². The van der Waals surface area contributed by atoms with E-state index in [2.05, 4.69) is 0 Å². The van der Waals surface area contributed by atoms with Crippen LogP contribution in [0.2, 0.25) is 0 Å². The summed E-state index contributed by atoms with van der Waals surface area (Å²) in [5, 5.41) is 9.33. The van der Waals surface area contributed by atoms with Crippen molar-refractivity contribution in [1.29, 1.82) is 0 Å². The number of carbonyl (C=O) groups excluding carboxylic acids is 1. The van der Waals surface area contributed by atoms with Gasteiger partial charge in [-0.05, 0) is 19.9 Å². The summed E-state index contributed by atoms with van der Waals surface area (Å²) < 4.78 is 43.9. The van der Waals surface area contributed by atoms with Crippen molar-refractivity contribution in [3.05, 3.63) is 74.7 Å². The van der Waals surface area contributed by atoms with E-state index in [1.165, 1.54) is 0 Å². The molecule has 0 unspecified atom stereocenters. The maximum atomic E-state index is 14.6. The second-order valence-electron chi connectivity index (χ2n) is 6.36. The topological polar surface area (TPSA) is 112 Å². The highest BCUT2D eigenvalue weighted by Crippen LogP contribution is 2.42. The van der Waals surface area contributed by atoms with E-state index >= 15 is 0 Å². The summed E-state index contributed by atoms with van der Waals surface area (Å²) in [5.74, 6) is -5.26. The molecule has 3 rings (SSSR count). The van der Waals surface area contributed by atoms with Crippen LogP contribution in [0.15, 0.2) is 44.9 Å². The fourth-order valence-electron chi connectivity index (χ4n) is 2.89. The molecule has 9 heteroatoms. The summed E-state index contributed by atoms with van der Waals surface area (Å²) >= 11 is 0. The Morgan fingerprint density at radius 2 is 2.04 bits per heavy atom. The SMILES string of the molecule is CC(C)OC(=O)C1=C(N)Oc2c(oc(CO)cc2=O)[C@H]1c1ccc(F)cc1F. The largest absolute Gasteiger partial charge is 0.459 e. The number of benzene rings is 1. The normalized spacial score (nSPS) is 16.0. The van der Waals surface area contributed by atoms with Crippen LogP contribution in [0, 0.1) is 11.6 Å². The van der Waals surface area contributed by atoms with Crippen LogP contribution in [0.5, 0.6) is 5.75 Å². The molecule has 1 aromatic carbocycles. The Kier molecular flexibility index (Phi) is 5.19. The van der Waals surface area contributed by atoms with Crippen molar-refractivity contribution < 1.29 is 32.6 Å². The van der Waals surface area contributed by atoms with Gasteiger partial charge in [0.05, 0.1) is 12.0 Å². The summed E-state index contributed by atoms with van der Waals surface area (Å²) in [6, 6.07) is 3.71. The molecule has 1 aliphatic rings. The summed E-state index contributed by atoms with van der Waals surface area (Å²) in [5.41, 5.74) is 4.69. The Morgan fingerprint density at radius 1 is 1.32 bits per heavy atom. The van der Waals surface area contributed by atoms with Crippen molar-refractivity contribution in [2.24, 2.45) is 5.73 Å². The van der Waals surface area contributed by atoms with Crippen LogP contribution in [-0.4, -0.2) is 17.2 Å². The number of ether oxygens (including phenoxy) is 2. The van der Waals surface area contributed by atoms with Gasteiger partial charge >= 0.3 is 5.97 Å². The predicted octanol–water partition coefficient (Wildman–Crippen LogP) is 2.06. The quantitative estimate of drug-likeness (QED) is 0.765. The molecule has 0 fully saturated rings. The number of nitrogens with two attached hydrogens (primary N) is 1. The third kappa shape index (κ3) is 3.48. The monoisotopic (exact) mass is 393 g/mol. The van der Waals surface area contributed by atoms with Gasteiger partial charge in [-0.15, -0.1) is 0 Å². The van der Waals surface area contributed by atoms with Crippen LogP contribution >= 0.6 is 0 Å². The molecule has 2 heterocycles. The molecule has 0 bridgehead atoms. The summed E-state index contributed by atoms with van der Waals surface area (Å²) in [7, 11) is 0. The zero-order chi connectivity index (χ0) is 20.6. The van der Waals surface area contributed by atoms with Crippen molar-refractivity contribution in [2.45, 2.75) is 32.5 Å². The van der Waals surface area contributed by atoms with E-state index in [1.807, 2.05) is 0 Å². The number of esters is 1. The number of halogens is 2. The first-order valence-electron chi connectivity index (χ1n) is 8.34. The molecular weight excluding hydrogens is 376 g/mol. The molecule has 0 saturated carbocycles. The Bertz CT molecular complexity index is 1030. The molecule has 148 valence electrons. The van der Waals surface area contributed by atoms with E-state index in [0.717, 1.165) is 18.2 Å². The maximum Gasteiger partial charge on any atom is 0.340 e. The second-order valence-corrected chi connectivity index (χ2v) is 6.36. The van der Waals surface area contributed by atoms with Gasteiger partial charge in [0, 0.05) is 17.7 Å². The average Bonchev–Trinajstić information content (AvgIpc) is 2.61. The van der Waals surface area contributed by atoms with Gasteiger partial charge in [-0.3, -0.25) is 4.79 Å². The second kappa shape index (κ2) is 7.43. The van der Waals surface area contributed by atoms with Crippen molar-refractivity contribution in [3.8, 4) is 5.75 Å². The number of rotatable bonds is 4. The van der Waals surface area contributed by atoms with Crippen LogP contribution in [-0.2, 0) is 16.1 Å². The van der Waals surface area contributed by atoms with E-state index in [1.54, 1.807) is 13.8 Å². The Hall–Kier alpha value is -3.20. The first-order chi connectivity index (χ1) is 13.2. The van der Waals surface area contributed by atoms with Gasteiger partial charge in [0.15, 0.2) is 5.76 Å². The molecule has 1 aromatic heterocycles. The van der Waals surface area contributed by atoms with Crippen LogP contribution in [0.25, 0.3) is 0 Å². The van der Waals surface area contributed by atoms with E-state index in [-0.39, 0.29) is 28.4 Å². The lowest BCUT2D eigenvalue weighted by Gasteiger charge is -2.27. The zero-order valence-electron chi connectivity index (χ0n) is 15.0. The number of hydrogen-bond donors (Lipinski definition) is 2. The zero-order valence-corrected chi connectivity index (χ0v) is 15.0. The van der Waals surface area contributed by atoms with Crippen LogP contribution < -0.4 is 15.9 Å². The lowest BCUT2D eigenvalue weighted by molar-refractivity contribution is -0.143. The van der Waals surface area contributed by atoms with E-state index in [9.17, 15) is 23.5 Å². The minimum atomic E-state index is -1.34. The molecular formula is C19H17F2NO6.